The largest absolute Gasteiger partial charge is 0.481 e. The number of carboxylic acids is 1. The molecule has 0 bridgehead atoms. The molecule has 0 heterocycles. The van der Waals surface area contributed by atoms with Crippen molar-refractivity contribution in [3.8, 4) is 11.8 Å². The van der Waals surface area contributed by atoms with Crippen LogP contribution in [0.5, 0.6) is 0 Å². The molecule has 2 nitrogen and oxygen atoms in total. The van der Waals surface area contributed by atoms with Crippen molar-refractivity contribution in [1.82, 2.24) is 0 Å². The molecule has 0 aromatic heterocycles. The number of alkyl halides is 1. The first-order valence-electron chi connectivity index (χ1n) is 2.51. The van der Waals surface area contributed by atoms with E-state index in [-0.39, 0.29) is 6.42 Å². The third kappa shape index (κ3) is 7.76. The molecule has 0 radical (unpaired) electrons. The second-order valence-corrected chi connectivity index (χ2v) is 2.14. The molecular formula is C6H7IO2. The van der Waals surface area contributed by atoms with Crippen LogP contribution in [0, 0.1) is 11.8 Å². The van der Waals surface area contributed by atoms with Crippen LogP contribution in [-0.4, -0.2) is 15.5 Å². The molecule has 0 aliphatic rings. The highest BCUT2D eigenvalue weighted by Gasteiger charge is 1.90. The van der Waals surface area contributed by atoms with Gasteiger partial charge in [-0.05, 0) is 0 Å². The van der Waals surface area contributed by atoms with Crippen LogP contribution in [0.2, 0.25) is 0 Å². The Balaban J connectivity index is 3.19. The maximum absolute atomic E-state index is 9.89. The molecule has 0 aliphatic heterocycles. The molecule has 0 aliphatic carbocycles. The lowest BCUT2D eigenvalue weighted by atomic mass is 10.3. The first-order valence-corrected chi connectivity index (χ1v) is 4.03. The Morgan fingerprint density at radius 2 is 2.22 bits per heavy atom. The van der Waals surface area contributed by atoms with Crippen LogP contribution in [0.4, 0.5) is 0 Å². The van der Waals surface area contributed by atoms with E-state index >= 15 is 0 Å². The van der Waals surface area contributed by atoms with Crippen molar-refractivity contribution in [2.75, 3.05) is 4.43 Å². The van der Waals surface area contributed by atoms with Crippen molar-refractivity contribution >= 4 is 28.6 Å². The van der Waals surface area contributed by atoms with Crippen molar-refractivity contribution in [1.29, 1.82) is 0 Å². The fourth-order valence-electron chi connectivity index (χ4n) is 0.305. The van der Waals surface area contributed by atoms with Gasteiger partial charge in [-0.1, -0.05) is 28.5 Å². The van der Waals surface area contributed by atoms with Crippen molar-refractivity contribution < 1.29 is 9.90 Å². The predicted octanol–water partition coefficient (Wildman–Crippen LogP) is 1.29. The molecule has 0 aromatic carbocycles. The number of halogens is 1. The molecular weight excluding hydrogens is 231 g/mol. The van der Waals surface area contributed by atoms with E-state index < -0.39 is 5.97 Å². The number of carboxylic acid groups (broad SMARTS) is 1. The summed E-state index contributed by atoms with van der Waals surface area (Å²) in [5.41, 5.74) is 0. The van der Waals surface area contributed by atoms with Gasteiger partial charge in [0.1, 0.15) is 0 Å². The minimum Gasteiger partial charge on any atom is -0.481 e. The summed E-state index contributed by atoms with van der Waals surface area (Å²) in [6, 6.07) is 0. The fourth-order valence-corrected chi connectivity index (χ4v) is 0.575. The molecule has 0 rings (SSSR count). The van der Waals surface area contributed by atoms with E-state index in [9.17, 15) is 4.79 Å². The van der Waals surface area contributed by atoms with E-state index in [1.54, 1.807) is 0 Å². The molecule has 50 valence electrons. The molecule has 0 saturated carbocycles. The molecule has 9 heavy (non-hydrogen) atoms. The van der Waals surface area contributed by atoms with Crippen LogP contribution in [0.15, 0.2) is 0 Å². The van der Waals surface area contributed by atoms with Gasteiger partial charge in [-0.15, -0.1) is 5.92 Å². The van der Waals surface area contributed by atoms with Gasteiger partial charge >= 0.3 is 5.97 Å². The second-order valence-electron chi connectivity index (χ2n) is 1.38. The summed E-state index contributed by atoms with van der Waals surface area (Å²) in [7, 11) is 0. The van der Waals surface area contributed by atoms with Gasteiger partial charge in [0.05, 0.1) is 10.8 Å². The SMILES string of the molecule is O=C(O)CCC#CCI. The van der Waals surface area contributed by atoms with Crippen LogP contribution in [-0.2, 0) is 4.79 Å². The molecule has 0 saturated heterocycles. The van der Waals surface area contributed by atoms with E-state index in [1.807, 2.05) is 0 Å². The number of aliphatic carboxylic acids is 1. The van der Waals surface area contributed by atoms with E-state index in [1.165, 1.54) is 0 Å². The summed E-state index contributed by atoms with van der Waals surface area (Å²) < 4.78 is 0.775. The summed E-state index contributed by atoms with van der Waals surface area (Å²) >= 11 is 2.12. The van der Waals surface area contributed by atoms with Crippen molar-refractivity contribution in [3.63, 3.8) is 0 Å². The van der Waals surface area contributed by atoms with Crippen molar-refractivity contribution in [2.24, 2.45) is 0 Å². The first kappa shape index (κ1) is 8.76. The van der Waals surface area contributed by atoms with Crippen LogP contribution >= 0.6 is 22.6 Å². The van der Waals surface area contributed by atoms with Gasteiger partial charge < -0.3 is 5.11 Å². The van der Waals surface area contributed by atoms with Gasteiger partial charge in [-0.3, -0.25) is 4.79 Å². The van der Waals surface area contributed by atoms with Gasteiger partial charge in [0.2, 0.25) is 0 Å². The standard InChI is InChI=1S/C6H7IO2/c7-5-3-1-2-4-6(8)9/h2,4-5H2,(H,8,9). The summed E-state index contributed by atoms with van der Waals surface area (Å²) in [5, 5.41) is 8.14. The molecule has 0 fully saturated rings. The minimum absolute atomic E-state index is 0.156. The smallest absolute Gasteiger partial charge is 0.304 e. The zero-order valence-electron chi connectivity index (χ0n) is 4.85. The van der Waals surface area contributed by atoms with Crippen LogP contribution in [0.25, 0.3) is 0 Å². The van der Waals surface area contributed by atoms with Gasteiger partial charge in [-0.2, -0.15) is 0 Å². The first-order chi connectivity index (χ1) is 4.27. The van der Waals surface area contributed by atoms with Crippen molar-refractivity contribution in [2.45, 2.75) is 12.8 Å². The topological polar surface area (TPSA) is 37.3 Å². The summed E-state index contributed by atoms with van der Waals surface area (Å²) in [6.45, 7) is 0. The Morgan fingerprint density at radius 1 is 1.56 bits per heavy atom. The maximum Gasteiger partial charge on any atom is 0.304 e. The van der Waals surface area contributed by atoms with Gasteiger partial charge in [0, 0.05) is 6.42 Å². The molecule has 1 N–H and O–H groups in total. The van der Waals surface area contributed by atoms with E-state index in [2.05, 4.69) is 34.4 Å². The highest BCUT2D eigenvalue weighted by Crippen LogP contribution is 1.85. The molecule has 0 spiro atoms. The maximum atomic E-state index is 9.89. The van der Waals surface area contributed by atoms with Gasteiger partial charge in [0.15, 0.2) is 0 Å². The number of hydrogen-bond acceptors (Lipinski definition) is 1. The molecule has 0 atom stereocenters. The summed E-state index contributed by atoms with van der Waals surface area (Å²) in [5.74, 6) is 4.73. The van der Waals surface area contributed by atoms with E-state index in [0.29, 0.717) is 6.42 Å². The Kier molecular flexibility index (Phi) is 5.73. The third-order valence-corrected chi connectivity index (χ3v) is 1.04. The predicted molar refractivity (Wildman–Crippen MR) is 43.5 cm³/mol. The zero-order chi connectivity index (χ0) is 7.11. The Bertz CT molecular complexity index is 143. The monoisotopic (exact) mass is 238 g/mol. The highest BCUT2D eigenvalue weighted by atomic mass is 127. The number of hydrogen-bond donors (Lipinski definition) is 1. The molecule has 0 aromatic rings. The molecule has 0 amide bonds. The molecule has 0 unspecified atom stereocenters. The highest BCUT2D eigenvalue weighted by molar-refractivity contribution is 14.1. The third-order valence-electron chi connectivity index (χ3n) is 0.656. The summed E-state index contributed by atoms with van der Waals surface area (Å²) in [4.78, 5) is 9.89. The van der Waals surface area contributed by atoms with E-state index in [0.717, 1.165) is 4.43 Å². The van der Waals surface area contributed by atoms with Gasteiger partial charge in [0.25, 0.3) is 0 Å². The average molecular weight is 238 g/mol. The van der Waals surface area contributed by atoms with Crippen LogP contribution < -0.4 is 0 Å². The lowest BCUT2D eigenvalue weighted by Gasteiger charge is -1.81. The van der Waals surface area contributed by atoms with E-state index in [4.69, 9.17) is 5.11 Å². The molecule has 3 heteroatoms. The lowest BCUT2D eigenvalue weighted by Crippen LogP contribution is -1.91. The fraction of sp³-hybridized carbons (Fsp3) is 0.500. The number of carbonyl (C=O) groups is 1. The van der Waals surface area contributed by atoms with Crippen molar-refractivity contribution in [3.05, 3.63) is 0 Å². The lowest BCUT2D eigenvalue weighted by molar-refractivity contribution is -0.136. The summed E-state index contributed by atoms with van der Waals surface area (Å²) in [6.07, 6.45) is 0.627. The Hall–Kier alpha value is -0.240. The van der Waals surface area contributed by atoms with Crippen LogP contribution in [0.3, 0.4) is 0 Å². The number of rotatable bonds is 2. The quantitative estimate of drug-likeness (QED) is 0.447. The Labute approximate surface area is 67.8 Å². The normalized spacial score (nSPS) is 7.67. The second kappa shape index (κ2) is 5.89. The van der Waals surface area contributed by atoms with Crippen LogP contribution in [0.1, 0.15) is 12.8 Å². The average Bonchev–Trinajstić information content (AvgIpc) is 1.80. The zero-order valence-corrected chi connectivity index (χ0v) is 7.01. The minimum atomic E-state index is -0.780. The van der Waals surface area contributed by atoms with Gasteiger partial charge in [-0.25, -0.2) is 0 Å². The Morgan fingerprint density at radius 3 is 2.67 bits per heavy atom.